The Labute approximate surface area is 188 Å². The fourth-order valence-corrected chi connectivity index (χ4v) is 4.24. The first-order valence-corrected chi connectivity index (χ1v) is 10.7. The van der Waals surface area contributed by atoms with E-state index in [0.29, 0.717) is 13.1 Å². The van der Waals surface area contributed by atoms with Crippen molar-refractivity contribution in [3.63, 3.8) is 0 Å². The molecule has 2 heterocycles. The average molecular weight is 464 g/mol. The van der Waals surface area contributed by atoms with Crippen LogP contribution in [0.5, 0.6) is 17.2 Å². The van der Waals surface area contributed by atoms with E-state index in [9.17, 15) is 23.1 Å². The molecule has 0 bridgehead atoms. The molecule has 3 aromatic rings. The van der Waals surface area contributed by atoms with Gasteiger partial charge < -0.3 is 23.9 Å². The van der Waals surface area contributed by atoms with Gasteiger partial charge in [-0.1, -0.05) is 17.7 Å². The van der Waals surface area contributed by atoms with Crippen LogP contribution in [0.1, 0.15) is 30.7 Å². The molecule has 1 aromatic heterocycles. The molecule has 1 fully saturated rings. The van der Waals surface area contributed by atoms with Crippen LogP contribution in [-0.2, 0) is 17.5 Å². The number of alkyl halides is 3. The maximum Gasteiger partial charge on any atom is 0.453 e. The van der Waals surface area contributed by atoms with Gasteiger partial charge in [-0.2, -0.15) is 13.2 Å². The molecule has 9 heteroatoms. The average Bonchev–Trinajstić information content (AvgIpc) is 2.72. The topological polar surface area (TPSA) is 73.3 Å². The third kappa shape index (κ3) is 4.84. The van der Waals surface area contributed by atoms with Crippen molar-refractivity contribution in [1.82, 2.24) is 0 Å². The number of fused-ring (bicyclic) bond motifs is 1. The third-order valence-electron chi connectivity index (χ3n) is 5.64. The van der Waals surface area contributed by atoms with Crippen molar-refractivity contribution in [2.24, 2.45) is 0 Å². The lowest BCUT2D eigenvalue weighted by molar-refractivity contribution is -0.928. The first kappa shape index (κ1) is 23.1. The van der Waals surface area contributed by atoms with Gasteiger partial charge in [-0.05, 0) is 45.0 Å². The van der Waals surface area contributed by atoms with Crippen LogP contribution in [0.4, 0.5) is 13.2 Å². The molecule has 2 atom stereocenters. The number of hydrogen-bond acceptors (Lipinski definition) is 5. The van der Waals surface area contributed by atoms with Crippen molar-refractivity contribution >= 4 is 11.0 Å². The van der Waals surface area contributed by atoms with Gasteiger partial charge in [0.1, 0.15) is 43.3 Å². The monoisotopic (exact) mass is 464 g/mol. The van der Waals surface area contributed by atoms with Crippen LogP contribution in [0.25, 0.3) is 11.0 Å². The summed E-state index contributed by atoms with van der Waals surface area (Å²) < 4.78 is 58.1. The molecule has 2 N–H and O–H groups in total. The summed E-state index contributed by atoms with van der Waals surface area (Å²) in [6.07, 6.45) is -5.08. The number of benzene rings is 2. The van der Waals surface area contributed by atoms with E-state index < -0.39 is 23.1 Å². The van der Waals surface area contributed by atoms with E-state index in [1.54, 1.807) is 12.1 Å². The van der Waals surface area contributed by atoms with Crippen molar-refractivity contribution in [1.29, 1.82) is 0 Å². The second-order valence-corrected chi connectivity index (χ2v) is 8.53. The molecule has 0 amide bonds. The van der Waals surface area contributed by atoms with Gasteiger partial charge in [0.2, 0.25) is 11.2 Å². The maximum atomic E-state index is 13.9. The number of hydrogen-bond donors (Lipinski definition) is 2. The number of aryl methyl sites for hydroxylation is 1. The highest BCUT2D eigenvalue weighted by molar-refractivity contribution is 5.83. The van der Waals surface area contributed by atoms with E-state index in [1.165, 1.54) is 24.3 Å². The molecule has 4 rings (SSSR count). The van der Waals surface area contributed by atoms with Crippen molar-refractivity contribution in [2.45, 2.75) is 45.7 Å². The zero-order chi connectivity index (χ0) is 23.9. The Balaban J connectivity index is 1.84. The van der Waals surface area contributed by atoms with Gasteiger partial charge in [0.15, 0.2) is 5.58 Å². The predicted octanol–water partition coefficient (Wildman–Crippen LogP) is 3.81. The van der Waals surface area contributed by atoms with E-state index in [2.05, 4.69) is 0 Å². The molecule has 0 aliphatic carbocycles. The SMILES string of the molecule is Cc1ccc(Oc2c(C(F)(F)F)oc3c(C[NH+]4C[C@@H](C)O[C@H](C)C4)c(O)ccc3c2=O)cc1. The minimum absolute atomic E-state index is 0.0480. The van der Waals surface area contributed by atoms with Crippen molar-refractivity contribution < 1.29 is 37.1 Å². The molecular weight excluding hydrogens is 439 g/mol. The highest BCUT2D eigenvalue weighted by Gasteiger charge is 2.41. The lowest BCUT2D eigenvalue weighted by Crippen LogP contribution is -3.14. The first-order chi connectivity index (χ1) is 15.5. The standard InChI is InChI=1S/C24H24F3NO5/c1-13-4-6-16(7-5-13)32-22-20(30)17-8-9-19(29)18(21(17)33-23(22)24(25,26)27)12-28-10-14(2)31-15(3)11-28/h4-9,14-15,29H,10-12H2,1-3H3/p+1/t14-,15-/m1/s1. The quantitative estimate of drug-likeness (QED) is 0.615. The number of phenolic OH excluding ortho intramolecular Hbond substituents is 1. The summed E-state index contributed by atoms with van der Waals surface area (Å²) in [7, 11) is 0. The normalized spacial score (nSPS) is 21.3. The van der Waals surface area contributed by atoms with Gasteiger partial charge in [-0.15, -0.1) is 0 Å². The minimum atomic E-state index is -4.98. The molecule has 2 aromatic carbocycles. The summed E-state index contributed by atoms with van der Waals surface area (Å²) >= 11 is 0. The summed E-state index contributed by atoms with van der Waals surface area (Å²) in [4.78, 5) is 14.1. The van der Waals surface area contributed by atoms with E-state index in [1.807, 2.05) is 20.8 Å². The van der Waals surface area contributed by atoms with E-state index in [-0.39, 0.29) is 46.8 Å². The Hall–Kier alpha value is -3.04. The molecule has 0 unspecified atom stereocenters. The largest absolute Gasteiger partial charge is 0.507 e. The summed E-state index contributed by atoms with van der Waals surface area (Å²) in [6, 6.07) is 8.83. The number of morpholine rings is 1. The molecule has 176 valence electrons. The second kappa shape index (κ2) is 8.72. The summed E-state index contributed by atoms with van der Waals surface area (Å²) in [5.41, 5.74) is -0.210. The third-order valence-corrected chi connectivity index (χ3v) is 5.64. The Bertz CT molecular complexity index is 1210. The molecule has 0 saturated carbocycles. The van der Waals surface area contributed by atoms with Crippen molar-refractivity contribution in [2.75, 3.05) is 13.1 Å². The van der Waals surface area contributed by atoms with Crippen LogP contribution in [0, 0.1) is 6.92 Å². The Morgan fingerprint density at radius 1 is 1.09 bits per heavy atom. The smallest absolute Gasteiger partial charge is 0.453 e. The van der Waals surface area contributed by atoms with Gasteiger partial charge in [0.25, 0.3) is 5.76 Å². The van der Waals surface area contributed by atoms with E-state index >= 15 is 0 Å². The van der Waals surface area contributed by atoms with Crippen molar-refractivity contribution in [3.05, 3.63) is 63.5 Å². The van der Waals surface area contributed by atoms with E-state index in [0.717, 1.165) is 10.5 Å². The van der Waals surface area contributed by atoms with Crippen LogP contribution in [0.3, 0.4) is 0 Å². The highest BCUT2D eigenvalue weighted by Crippen LogP contribution is 2.39. The van der Waals surface area contributed by atoms with Crippen LogP contribution in [0.2, 0.25) is 0 Å². The molecule has 0 radical (unpaired) electrons. The highest BCUT2D eigenvalue weighted by atomic mass is 19.4. The van der Waals surface area contributed by atoms with Crippen LogP contribution in [-0.4, -0.2) is 30.4 Å². The number of phenols is 1. The Kier molecular flexibility index (Phi) is 6.11. The fraction of sp³-hybridized carbons (Fsp3) is 0.375. The molecule has 6 nitrogen and oxygen atoms in total. The number of rotatable bonds is 4. The molecule has 1 saturated heterocycles. The zero-order valence-corrected chi connectivity index (χ0v) is 18.5. The fourth-order valence-electron chi connectivity index (χ4n) is 4.24. The summed E-state index contributed by atoms with van der Waals surface area (Å²) in [5, 5.41) is 10.4. The Morgan fingerprint density at radius 2 is 1.73 bits per heavy atom. The number of quaternary nitrogens is 1. The molecule has 0 spiro atoms. The number of halogens is 3. The minimum Gasteiger partial charge on any atom is -0.507 e. The predicted molar refractivity (Wildman–Crippen MR) is 115 cm³/mol. The van der Waals surface area contributed by atoms with Gasteiger partial charge in [0, 0.05) is 0 Å². The lowest BCUT2D eigenvalue weighted by atomic mass is 10.1. The second-order valence-electron chi connectivity index (χ2n) is 8.53. The Morgan fingerprint density at radius 3 is 2.33 bits per heavy atom. The number of ether oxygens (including phenoxy) is 2. The van der Waals surface area contributed by atoms with Crippen LogP contribution >= 0.6 is 0 Å². The summed E-state index contributed by atoms with van der Waals surface area (Å²) in [5.74, 6) is -2.62. The lowest BCUT2D eigenvalue weighted by Gasteiger charge is -2.32. The maximum absolute atomic E-state index is 13.9. The van der Waals surface area contributed by atoms with Crippen LogP contribution in [0.15, 0.2) is 45.6 Å². The zero-order valence-electron chi connectivity index (χ0n) is 18.5. The van der Waals surface area contributed by atoms with Gasteiger partial charge >= 0.3 is 6.18 Å². The molecule has 1 aliphatic rings. The van der Waals surface area contributed by atoms with Gasteiger partial charge in [-0.25, -0.2) is 0 Å². The molecule has 1 aliphatic heterocycles. The molecule has 33 heavy (non-hydrogen) atoms. The summed E-state index contributed by atoms with van der Waals surface area (Å²) in [6.45, 7) is 7.03. The van der Waals surface area contributed by atoms with Crippen LogP contribution < -0.4 is 15.1 Å². The van der Waals surface area contributed by atoms with Gasteiger partial charge in [0.05, 0.1) is 10.9 Å². The first-order valence-electron chi connectivity index (χ1n) is 10.7. The van der Waals surface area contributed by atoms with Gasteiger partial charge in [-0.3, -0.25) is 4.79 Å². The van der Waals surface area contributed by atoms with Crippen molar-refractivity contribution in [3.8, 4) is 17.2 Å². The number of aromatic hydroxyl groups is 1. The number of nitrogens with one attached hydrogen (secondary N) is 1. The van der Waals surface area contributed by atoms with E-state index in [4.69, 9.17) is 13.9 Å². The molecular formula is C24H25F3NO5+.